The Bertz CT molecular complexity index is 1190. The highest BCUT2D eigenvalue weighted by Crippen LogP contribution is 2.41. The van der Waals surface area contributed by atoms with E-state index < -0.39 is 11.7 Å². The van der Waals surface area contributed by atoms with Gasteiger partial charge in [0.2, 0.25) is 0 Å². The van der Waals surface area contributed by atoms with E-state index in [0.717, 1.165) is 43.8 Å². The molecule has 2 heterocycles. The summed E-state index contributed by atoms with van der Waals surface area (Å²) in [6.07, 6.45) is 1.68. The third-order valence-corrected chi connectivity index (χ3v) is 7.27. The van der Waals surface area contributed by atoms with Crippen LogP contribution in [0, 0.1) is 6.92 Å². The van der Waals surface area contributed by atoms with Crippen LogP contribution in [-0.2, 0) is 11.0 Å². The van der Waals surface area contributed by atoms with Gasteiger partial charge >= 0.3 is 6.18 Å². The molecule has 0 N–H and O–H groups in total. The number of nitrogens with zero attached hydrogens (tertiary/aromatic N) is 2. The molecule has 0 saturated carbocycles. The maximum absolute atomic E-state index is 13.5. The van der Waals surface area contributed by atoms with Crippen LogP contribution in [0.3, 0.4) is 0 Å². The molecule has 0 radical (unpaired) electrons. The van der Waals surface area contributed by atoms with Crippen LogP contribution < -0.4 is 9.47 Å². The Kier molecular flexibility index (Phi) is 8.49. The van der Waals surface area contributed by atoms with Crippen LogP contribution in [-0.4, -0.2) is 54.2 Å². The van der Waals surface area contributed by atoms with Gasteiger partial charge in [0.25, 0.3) is 11.1 Å². The van der Waals surface area contributed by atoms with E-state index >= 15 is 0 Å². The number of hydrogen-bond donors (Lipinski definition) is 0. The van der Waals surface area contributed by atoms with E-state index in [1.54, 1.807) is 25.1 Å². The molecule has 2 aliphatic rings. The van der Waals surface area contributed by atoms with Crippen molar-refractivity contribution in [2.24, 2.45) is 0 Å². The second-order valence-electron chi connectivity index (χ2n) is 9.10. The summed E-state index contributed by atoms with van der Waals surface area (Å²) < 4.78 is 51.4. The largest absolute Gasteiger partial charge is 0.493 e. The van der Waals surface area contributed by atoms with E-state index in [0.29, 0.717) is 24.2 Å². The number of carbonyl (C=O) groups excluding carboxylic acids is 2. The van der Waals surface area contributed by atoms with E-state index in [9.17, 15) is 22.8 Å². The van der Waals surface area contributed by atoms with Crippen LogP contribution in [0.2, 0.25) is 0 Å². The molecule has 0 atom stereocenters. The normalized spacial score (nSPS) is 18.4. The molecule has 37 heavy (non-hydrogen) atoms. The lowest BCUT2D eigenvalue weighted by molar-refractivity contribution is -0.138. The average Bonchev–Trinajstić information content (AvgIpc) is 3.01. The molecule has 2 aliphatic heterocycles. The maximum Gasteiger partial charge on any atom is 0.419 e. The van der Waals surface area contributed by atoms with Gasteiger partial charge in [-0.05, 0) is 80.5 Å². The van der Waals surface area contributed by atoms with Gasteiger partial charge in [-0.2, -0.15) is 13.2 Å². The summed E-state index contributed by atoms with van der Waals surface area (Å²) >= 11 is 0.877. The highest BCUT2D eigenvalue weighted by molar-refractivity contribution is 8.18. The van der Waals surface area contributed by atoms with Crippen molar-refractivity contribution in [3.8, 4) is 17.2 Å². The van der Waals surface area contributed by atoms with Gasteiger partial charge in [0.1, 0.15) is 5.75 Å². The zero-order chi connectivity index (χ0) is 26.6. The van der Waals surface area contributed by atoms with Gasteiger partial charge in [-0.15, -0.1) is 0 Å². The summed E-state index contributed by atoms with van der Waals surface area (Å²) in [6, 6.07) is 8.47. The first kappa shape index (κ1) is 27.1. The standard InChI is InChI=1S/C27H29F3N2O4S/c1-18-7-9-21(20(15-18)27(28,29)30)36-22-10-8-19(16-23(22)35-2)17-24-25(33)32(26(34)37-24)14-13-31-11-5-3-4-6-12-31/h7-10,15-17H,3-6,11-14H2,1-2H3/b24-17-. The number of hydrogen-bond acceptors (Lipinski definition) is 6. The highest BCUT2D eigenvalue weighted by Gasteiger charge is 2.36. The minimum Gasteiger partial charge on any atom is -0.493 e. The highest BCUT2D eigenvalue weighted by atomic mass is 32.2. The number of alkyl halides is 3. The van der Waals surface area contributed by atoms with Crippen molar-refractivity contribution in [2.75, 3.05) is 33.3 Å². The zero-order valence-corrected chi connectivity index (χ0v) is 21.6. The monoisotopic (exact) mass is 534 g/mol. The molecule has 0 bridgehead atoms. The van der Waals surface area contributed by atoms with Crippen LogP contribution >= 0.6 is 11.8 Å². The molecule has 198 valence electrons. The summed E-state index contributed by atoms with van der Waals surface area (Å²) in [6.45, 7) is 4.53. The Morgan fingerprint density at radius 3 is 2.32 bits per heavy atom. The van der Waals surface area contributed by atoms with Crippen molar-refractivity contribution >= 4 is 29.0 Å². The number of thioether (sulfide) groups is 1. The molecule has 2 aromatic rings. The Morgan fingerprint density at radius 2 is 1.65 bits per heavy atom. The van der Waals surface area contributed by atoms with Crippen LogP contribution in [0.4, 0.5) is 18.0 Å². The van der Waals surface area contributed by atoms with Crippen molar-refractivity contribution in [3.05, 3.63) is 58.0 Å². The number of ether oxygens (including phenoxy) is 2. The molecule has 0 spiro atoms. The van der Waals surface area contributed by atoms with Crippen LogP contribution in [0.5, 0.6) is 17.2 Å². The number of methoxy groups -OCH3 is 1. The minimum atomic E-state index is -4.58. The van der Waals surface area contributed by atoms with Crippen LogP contribution in [0.25, 0.3) is 6.08 Å². The lowest BCUT2D eigenvalue weighted by atomic mass is 10.1. The maximum atomic E-state index is 13.5. The Morgan fingerprint density at radius 1 is 0.946 bits per heavy atom. The van der Waals surface area contributed by atoms with Gasteiger partial charge in [0, 0.05) is 13.1 Å². The Balaban J connectivity index is 1.49. The molecular weight excluding hydrogens is 505 g/mol. The van der Waals surface area contributed by atoms with E-state index in [1.165, 1.54) is 43.1 Å². The van der Waals surface area contributed by atoms with E-state index in [-0.39, 0.29) is 33.3 Å². The van der Waals surface area contributed by atoms with E-state index in [2.05, 4.69) is 4.90 Å². The molecule has 2 fully saturated rings. The summed E-state index contributed by atoms with van der Waals surface area (Å²) in [4.78, 5) is 29.3. The lowest BCUT2D eigenvalue weighted by Gasteiger charge is -2.22. The molecule has 0 unspecified atom stereocenters. The van der Waals surface area contributed by atoms with Crippen LogP contribution in [0.15, 0.2) is 41.3 Å². The van der Waals surface area contributed by atoms with Crippen molar-refractivity contribution in [1.29, 1.82) is 0 Å². The predicted octanol–water partition coefficient (Wildman–Crippen LogP) is 6.73. The van der Waals surface area contributed by atoms with Gasteiger partial charge in [-0.25, -0.2) is 0 Å². The number of benzene rings is 2. The average molecular weight is 535 g/mol. The first-order valence-corrected chi connectivity index (χ1v) is 13.0. The Labute approximate surface area is 218 Å². The van der Waals surface area contributed by atoms with Gasteiger partial charge in [0.05, 0.1) is 17.6 Å². The number of imide groups is 1. The molecule has 2 amide bonds. The molecule has 0 aromatic heterocycles. The van der Waals surface area contributed by atoms with Crippen molar-refractivity contribution in [1.82, 2.24) is 9.80 Å². The van der Waals surface area contributed by atoms with Gasteiger partial charge < -0.3 is 14.4 Å². The molecule has 4 rings (SSSR count). The number of halogens is 3. The predicted molar refractivity (Wildman–Crippen MR) is 137 cm³/mol. The first-order valence-electron chi connectivity index (χ1n) is 12.2. The second kappa shape index (κ2) is 11.6. The number of aryl methyl sites for hydroxylation is 1. The fraction of sp³-hybridized carbons (Fsp3) is 0.407. The molecule has 6 nitrogen and oxygen atoms in total. The summed E-state index contributed by atoms with van der Waals surface area (Å²) in [5.41, 5.74) is 0.136. The smallest absolute Gasteiger partial charge is 0.419 e. The molecule has 10 heteroatoms. The van der Waals surface area contributed by atoms with Crippen LogP contribution in [0.1, 0.15) is 42.4 Å². The first-order chi connectivity index (χ1) is 17.7. The van der Waals surface area contributed by atoms with Crippen molar-refractivity contribution in [2.45, 2.75) is 38.8 Å². The third kappa shape index (κ3) is 6.67. The summed E-state index contributed by atoms with van der Waals surface area (Å²) in [5, 5.41) is -0.308. The fourth-order valence-corrected chi connectivity index (χ4v) is 5.24. The zero-order valence-electron chi connectivity index (χ0n) is 20.8. The number of rotatable bonds is 7. The Hall–Kier alpha value is -2.98. The molecule has 2 aromatic carbocycles. The summed E-state index contributed by atoms with van der Waals surface area (Å²) in [7, 11) is 1.38. The summed E-state index contributed by atoms with van der Waals surface area (Å²) in [5.74, 6) is -0.393. The molecular formula is C27H29F3N2O4S. The van der Waals surface area contributed by atoms with Crippen molar-refractivity contribution < 1.29 is 32.2 Å². The SMILES string of the molecule is COc1cc(/C=C2\SC(=O)N(CCN3CCCCCC3)C2=O)ccc1Oc1ccc(C)cc1C(F)(F)F. The fourth-order valence-electron chi connectivity index (χ4n) is 4.38. The van der Waals surface area contributed by atoms with E-state index in [1.807, 2.05) is 0 Å². The van der Waals surface area contributed by atoms with E-state index in [4.69, 9.17) is 9.47 Å². The second-order valence-corrected chi connectivity index (χ2v) is 10.1. The van der Waals surface area contributed by atoms with Gasteiger partial charge in [-0.1, -0.05) is 30.5 Å². The molecule has 2 saturated heterocycles. The number of carbonyl (C=O) groups is 2. The quantitative estimate of drug-likeness (QED) is 0.367. The number of likely N-dealkylation sites (tertiary alicyclic amines) is 1. The molecule has 0 aliphatic carbocycles. The number of amides is 2. The van der Waals surface area contributed by atoms with Gasteiger partial charge in [0.15, 0.2) is 11.5 Å². The topological polar surface area (TPSA) is 59.1 Å². The van der Waals surface area contributed by atoms with Gasteiger partial charge in [-0.3, -0.25) is 14.5 Å². The minimum absolute atomic E-state index is 0.0968. The van der Waals surface area contributed by atoms with Crippen molar-refractivity contribution in [3.63, 3.8) is 0 Å². The third-order valence-electron chi connectivity index (χ3n) is 6.36. The lowest BCUT2D eigenvalue weighted by Crippen LogP contribution is -2.37.